The van der Waals surface area contributed by atoms with Crippen LogP contribution in [-0.4, -0.2) is 48.1 Å². The lowest BCUT2D eigenvalue weighted by molar-refractivity contribution is 0.0792. The minimum Gasteiger partial charge on any atom is -0.350 e. The Morgan fingerprint density at radius 1 is 1.32 bits per heavy atom. The van der Waals surface area contributed by atoms with E-state index in [9.17, 15) is 9.18 Å². The summed E-state index contributed by atoms with van der Waals surface area (Å²) in [5.74, 6) is 0.674. The van der Waals surface area contributed by atoms with Crippen LogP contribution in [0.3, 0.4) is 0 Å². The van der Waals surface area contributed by atoms with Crippen LogP contribution in [0.5, 0.6) is 0 Å². The van der Waals surface area contributed by atoms with Gasteiger partial charge in [0.1, 0.15) is 12.0 Å². The molecule has 0 unspecified atom stereocenters. The number of carbonyl (C=O) groups excluding carboxylic acids is 1. The van der Waals surface area contributed by atoms with E-state index in [4.69, 9.17) is 0 Å². The van der Waals surface area contributed by atoms with Crippen LogP contribution in [0, 0.1) is 6.92 Å². The zero-order valence-corrected chi connectivity index (χ0v) is 11.1. The van der Waals surface area contributed by atoms with E-state index >= 15 is 0 Å². The van der Waals surface area contributed by atoms with Crippen LogP contribution in [-0.2, 0) is 0 Å². The van der Waals surface area contributed by atoms with E-state index in [1.807, 2.05) is 28.9 Å². The van der Waals surface area contributed by atoms with Gasteiger partial charge >= 0.3 is 0 Å². The Morgan fingerprint density at radius 3 is 2.63 bits per heavy atom. The van der Waals surface area contributed by atoms with E-state index in [2.05, 4.69) is 4.98 Å². The standard InChI is InChI=1S/C14H18FN3O/c1-10-4-5-12(14(19)17-6-2-3-7-17)13(16-10)18-8-11(15)9-18/h4-5,11H,2-3,6-9H2,1H3. The zero-order chi connectivity index (χ0) is 13.4. The number of hydrogen-bond donors (Lipinski definition) is 0. The lowest BCUT2D eigenvalue weighted by Gasteiger charge is -2.36. The molecule has 4 nitrogen and oxygen atoms in total. The fourth-order valence-electron chi connectivity index (χ4n) is 2.64. The molecule has 1 aromatic rings. The third kappa shape index (κ3) is 2.29. The summed E-state index contributed by atoms with van der Waals surface area (Å²) in [6.45, 7) is 4.21. The van der Waals surface area contributed by atoms with Crippen LogP contribution >= 0.6 is 0 Å². The predicted octanol–water partition coefficient (Wildman–Crippen LogP) is 1.78. The smallest absolute Gasteiger partial charge is 0.257 e. The molecule has 2 aliphatic rings. The Hall–Kier alpha value is -1.65. The van der Waals surface area contributed by atoms with Crippen molar-refractivity contribution in [2.45, 2.75) is 25.9 Å². The Bertz CT molecular complexity index is 493. The van der Waals surface area contributed by atoms with Gasteiger partial charge in [0.15, 0.2) is 0 Å². The minimum absolute atomic E-state index is 0.0299. The van der Waals surface area contributed by atoms with E-state index in [0.717, 1.165) is 31.6 Å². The van der Waals surface area contributed by atoms with Crippen LogP contribution in [0.25, 0.3) is 0 Å². The number of alkyl halides is 1. The van der Waals surface area contributed by atoms with Gasteiger partial charge in [-0.25, -0.2) is 9.37 Å². The van der Waals surface area contributed by atoms with Crippen molar-refractivity contribution in [2.24, 2.45) is 0 Å². The number of amides is 1. The Balaban J connectivity index is 1.89. The molecular formula is C14H18FN3O. The van der Waals surface area contributed by atoms with Crippen molar-refractivity contribution in [3.05, 3.63) is 23.4 Å². The molecule has 3 rings (SSSR count). The fourth-order valence-corrected chi connectivity index (χ4v) is 2.64. The van der Waals surface area contributed by atoms with Crippen molar-refractivity contribution in [3.8, 4) is 0 Å². The Morgan fingerprint density at radius 2 is 2.00 bits per heavy atom. The molecule has 102 valence electrons. The number of nitrogens with zero attached hydrogens (tertiary/aromatic N) is 3. The molecule has 0 N–H and O–H groups in total. The summed E-state index contributed by atoms with van der Waals surface area (Å²) < 4.78 is 13.0. The van der Waals surface area contributed by atoms with E-state index in [1.165, 1.54) is 0 Å². The largest absolute Gasteiger partial charge is 0.350 e. The molecule has 0 spiro atoms. The van der Waals surface area contributed by atoms with Gasteiger partial charge in [0, 0.05) is 18.8 Å². The van der Waals surface area contributed by atoms with Gasteiger partial charge in [-0.15, -0.1) is 0 Å². The molecule has 2 saturated heterocycles. The molecule has 2 aliphatic heterocycles. The molecule has 19 heavy (non-hydrogen) atoms. The lowest BCUT2D eigenvalue weighted by Crippen LogP contribution is -2.49. The van der Waals surface area contributed by atoms with Crippen molar-refractivity contribution >= 4 is 11.7 Å². The van der Waals surface area contributed by atoms with Crippen LogP contribution in [0.4, 0.5) is 10.2 Å². The summed E-state index contributed by atoms with van der Waals surface area (Å²) >= 11 is 0. The van der Waals surface area contributed by atoms with Crippen molar-refractivity contribution in [2.75, 3.05) is 31.1 Å². The molecule has 0 bridgehead atoms. The first-order chi connectivity index (χ1) is 9.15. The normalized spacial score (nSPS) is 19.7. The van der Waals surface area contributed by atoms with Crippen LogP contribution in [0.15, 0.2) is 12.1 Å². The molecule has 1 aromatic heterocycles. The second kappa shape index (κ2) is 4.79. The monoisotopic (exact) mass is 263 g/mol. The quantitative estimate of drug-likeness (QED) is 0.816. The topological polar surface area (TPSA) is 36.4 Å². The number of pyridine rings is 1. The molecule has 0 radical (unpaired) electrons. The van der Waals surface area contributed by atoms with Gasteiger partial charge in [-0.05, 0) is 31.9 Å². The highest BCUT2D eigenvalue weighted by Crippen LogP contribution is 2.26. The highest BCUT2D eigenvalue weighted by molar-refractivity contribution is 5.99. The van der Waals surface area contributed by atoms with Gasteiger partial charge in [-0.2, -0.15) is 0 Å². The number of halogens is 1. The number of likely N-dealkylation sites (tertiary alicyclic amines) is 1. The lowest BCUT2D eigenvalue weighted by atomic mass is 10.1. The van der Waals surface area contributed by atoms with Crippen LogP contribution < -0.4 is 4.90 Å². The van der Waals surface area contributed by atoms with Gasteiger partial charge < -0.3 is 9.80 Å². The molecule has 0 saturated carbocycles. The van der Waals surface area contributed by atoms with Gasteiger partial charge in [0.05, 0.1) is 18.7 Å². The summed E-state index contributed by atoms with van der Waals surface area (Å²) in [5.41, 5.74) is 1.47. The van der Waals surface area contributed by atoms with E-state index in [-0.39, 0.29) is 5.91 Å². The second-order valence-corrected chi connectivity index (χ2v) is 5.33. The minimum atomic E-state index is -0.794. The predicted molar refractivity (Wildman–Crippen MR) is 71.2 cm³/mol. The van der Waals surface area contributed by atoms with Crippen molar-refractivity contribution < 1.29 is 9.18 Å². The van der Waals surface area contributed by atoms with E-state index in [1.54, 1.807) is 0 Å². The third-order valence-corrected chi connectivity index (χ3v) is 3.77. The number of carbonyl (C=O) groups is 1. The molecule has 3 heterocycles. The third-order valence-electron chi connectivity index (χ3n) is 3.77. The molecule has 0 aromatic carbocycles. The summed E-state index contributed by atoms with van der Waals surface area (Å²) in [6, 6.07) is 3.67. The maximum Gasteiger partial charge on any atom is 0.257 e. The molecule has 0 atom stereocenters. The molecule has 0 aliphatic carbocycles. The van der Waals surface area contributed by atoms with Gasteiger partial charge in [0.25, 0.3) is 5.91 Å². The highest BCUT2D eigenvalue weighted by atomic mass is 19.1. The maximum absolute atomic E-state index is 13.0. The maximum atomic E-state index is 13.0. The van der Waals surface area contributed by atoms with Crippen molar-refractivity contribution in [1.29, 1.82) is 0 Å². The van der Waals surface area contributed by atoms with Gasteiger partial charge in [-0.1, -0.05) is 0 Å². The SMILES string of the molecule is Cc1ccc(C(=O)N2CCCC2)c(N2CC(F)C2)n1. The summed E-state index contributed by atoms with van der Waals surface area (Å²) in [7, 11) is 0. The fraction of sp³-hybridized carbons (Fsp3) is 0.571. The summed E-state index contributed by atoms with van der Waals surface area (Å²) in [5, 5.41) is 0. The average molecular weight is 263 g/mol. The number of hydrogen-bond acceptors (Lipinski definition) is 3. The first-order valence-electron chi connectivity index (χ1n) is 6.81. The van der Waals surface area contributed by atoms with Gasteiger partial charge in [-0.3, -0.25) is 4.79 Å². The number of rotatable bonds is 2. The summed E-state index contributed by atoms with van der Waals surface area (Å²) in [4.78, 5) is 20.6. The van der Waals surface area contributed by atoms with E-state index < -0.39 is 6.17 Å². The van der Waals surface area contributed by atoms with Crippen molar-refractivity contribution in [1.82, 2.24) is 9.88 Å². The summed E-state index contributed by atoms with van der Waals surface area (Å²) in [6.07, 6.45) is 1.34. The van der Waals surface area contributed by atoms with Gasteiger partial charge in [0.2, 0.25) is 0 Å². The Labute approximate surface area is 112 Å². The second-order valence-electron chi connectivity index (χ2n) is 5.33. The number of aryl methyl sites for hydroxylation is 1. The average Bonchev–Trinajstić information content (AvgIpc) is 2.88. The number of anilines is 1. The molecule has 5 heteroatoms. The highest BCUT2D eigenvalue weighted by Gasteiger charge is 2.32. The Kier molecular flexibility index (Phi) is 3.12. The number of aromatic nitrogens is 1. The van der Waals surface area contributed by atoms with Crippen LogP contribution in [0.2, 0.25) is 0 Å². The molecular weight excluding hydrogens is 245 g/mol. The molecule has 1 amide bonds. The zero-order valence-electron chi connectivity index (χ0n) is 11.1. The first-order valence-corrected chi connectivity index (χ1v) is 6.81. The van der Waals surface area contributed by atoms with Crippen molar-refractivity contribution in [3.63, 3.8) is 0 Å². The van der Waals surface area contributed by atoms with E-state index in [0.29, 0.717) is 24.5 Å². The molecule has 2 fully saturated rings. The van der Waals surface area contributed by atoms with Crippen LogP contribution in [0.1, 0.15) is 28.9 Å². The first kappa shape index (κ1) is 12.4.